The molecule has 16 heavy (non-hydrogen) atoms. The van der Waals surface area contributed by atoms with Crippen molar-refractivity contribution in [3.05, 3.63) is 33.8 Å². The van der Waals surface area contributed by atoms with Crippen LogP contribution in [0, 0.1) is 0 Å². The van der Waals surface area contributed by atoms with Gasteiger partial charge in [-0.1, -0.05) is 48.5 Å². The van der Waals surface area contributed by atoms with E-state index in [1.54, 1.807) is 0 Å². The number of unbranched alkanes of at least 4 members (excludes halogenated alkanes) is 4. The van der Waals surface area contributed by atoms with Gasteiger partial charge in [0.15, 0.2) is 0 Å². The normalized spacial score (nSPS) is 10.7. The molecule has 0 aliphatic rings. The van der Waals surface area contributed by atoms with Crippen molar-refractivity contribution < 1.29 is 5.11 Å². The number of benzene rings is 1. The predicted octanol–water partition coefficient (Wildman–Crippen LogP) is 4.48. The quantitative estimate of drug-likeness (QED) is 0.717. The number of aliphatic hydroxyl groups excluding tert-OH is 1. The standard InChI is InChI=1S/C13H18Cl2O/c14-12-8-7-11(10-13(12)15)6-4-2-1-3-5-9-16/h7-8,10,16H,1-6,9H2. The third-order valence-electron chi connectivity index (χ3n) is 2.61. The van der Waals surface area contributed by atoms with Crippen LogP contribution in [0.3, 0.4) is 0 Å². The molecule has 0 aliphatic heterocycles. The summed E-state index contributed by atoms with van der Waals surface area (Å²) in [6.07, 6.45) is 6.67. The maximum atomic E-state index is 8.63. The minimum Gasteiger partial charge on any atom is -0.396 e. The number of hydrogen-bond donors (Lipinski definition) is 1. The summed E-state index contributed by atoms with van der Waals surface area (Å²) in [4.78, 5) is 0. The lowest BCUT2D eigenvalue weighted by molar-refractivity contribution is 0.282. The summed E-state index contributed by atoms with van der Waals surface area (Å²) >= 11 is 11.8. The fraction of sp³-hybridized carbons (Fsp3) is 0.538. The van der Waals surface area contributed by atoms with Gasteiger partial charge in [0, 0.05) is 6.61 Å². The van der Waals surface area contributed by atoms with Crippen molar-refractivity contribution in [2.45, 2.75) is 38.5 Å². The predicted molar refractivity (Wildman–Crippen MR) is 70.3 cm³/mol. The van der Waals surface area contributed by atoms with Crippen LogP contribution in [0.4, 0.5) is 0 Å². The topological polar surface area (TPSA) is 20.2 Å². The molecule has 0 unspecified atom stereocenters. The first-order chi connectivity index (χ1) is 7.74. The molecule has 1 aromatic carbocycles. The summed E-state index contributed by atoms with van der Waals surface area (Å²) in [5, 5.41) is 9.89. The lowest BCUT2D eigenvalue weighted by Crippen LogP contribution is -1.88. The van der Waals surface area contributed by atoms with Crippen molar-refractivity contribution in [1.29, 1.82) is 0 Å². The third kappa shape index (κ3) is 5.20. The Labute approximate surface area is 107 Å². The van der Waals surface area contributed by atoms with Gasteiger partial charge in [0.25, 0.3) is 0 Å². The highest BCUT2D eigenvalue weighted by Crippen LogP contribution is 2.23. The molecule has 0 radical (unpaired) electrons. The molecule has 0 atom stereocenters. The first-order valence-electron chi connectivity index (χ1n) is 5.79. The molecule has 3 heteroatoms. The SMILES string of the molecule is OCCCCCCCc1ccc(Cl)c(Cl)c1. The molecule has 90 valence electrons. The van der Waals surface area contributed by atoms with Gasteiger partial charge >= 0.3 is 0 Å². The Morgan fingerprint density at radius 1 is 0.875 bits per heavy atom. The summed E-state index contributed by atoms with van der Waals surface area (Å²) in [6, 6.07) is 5.82. The third-order valence-corrected chi connectivity index (χ3v) is 3.35. The van der Waals surface area contributed by atoms with Crippen molar-refractivity contribution in [3.63, 3.8) is 0 Å². The Balaban J connectivity index is 2.19. The van der Waals surface area contributed by atoms with Crippen molar-refractivity contribution in [2.24, 2.45) is 0 Å². The Hall–Kier alpha value is -0.240. The Morgan fingerprint density at radius 2 is 1.56 bits per heavy atom. The summed E-state index contributed by atoms with van der Waals surface area (Å²) in [5.41, 5.74) is 1.25. The van der Waals surface area contributed by atoms with E-state index in [2.05, 4.69) is 0 Å². The maximum absolute atomic E-state index is 8.63. The smallest absolute Gasteiger partial charge is 0.0595 e. The van der Waals surface area contributed by atoms with Gasteiger partial charge in [-0.3, -0.25) is 0 Å². The molecule has 0 saturated heterocycles. The number of rotatable bonds is 7. The molecule has 0 fully saturated rings. The van der Waals surface area contributed by atoms with E-state index in [-0.39, 0.29) is 0 Å². The molecule has 0 aromatic heterocycles. The van der Waals surface area contributed by atoms with Gasteiger partial charge < -0.3 is 5.11 Å². The summed E-state index contributed by atoms with van der Waals surface area (Å²) in [7, 11) is 0. The van der Waals surface area contributed by atoms with Gasteiger partial charge in [-0.2, -0.15) is 0 Å². The van der Waals surface area contributed by atoms with Crippen molar-refractivity contribution in [1.82, 2.24) is 0 Å². The van der Waals surface area contributed by atoms with Crippen LogP contribution in [0.1, 0.15) is 37.7 Å². The lowest BCUT2D eigenvalue weighted by atomic mass is 10.1. The van der Waals surface area contributed by atoms with Gasteiger partial charge in [-0.15, -0.1) is 0 Å². The zero-order valence-electron chi connectivity index (χ0n) is 9.38. The van der Waals surface area contributed by atoms with Gasteiger partial charge in [0.05, 0.1) is 10.0 Å². The number of halogens is 2. The molecule has 1 aromatic rings. The summed E-state index contributed by atoms with van der Waals surface area (Å²) < 4.78 is 0. The summed E-state index contributed by atoms with van der Waals surface area (Å²) in [5.74, 6) is 0. The molecule has 0 spiro atoms. The molecule has 0 amide bonds. The zero-order chi connectivity index (χ0) is 11.8. The van der Waals surface area contributed by atoms with Crippen LogP contribution in [0.5, 0.6) is 0 Å². The van der Waals surface area contributed by atoms with Crippen molar-refractivity contribution >= 4 is 23.2 Å². The van der Waals surface area contributed by atoms with E-state index in [1.165, 1.54) is 24.8 Å². The molecule has 1 N–H and O–H groups in total. The van der Waals surface area contributed by atoms with Gasteiger partial charge in [0.2, 0.25) is 0 Å². The van der Waals surface area contributed by atoms with Crippen molar-refractivity contribution in [3.8, 4) is 0 Å². The highest BCUT2D eigenvalue weighted by atomic mass is 35.5. The van der Waals surface area contributed by atoms with E-state index >= 15 is 0 Å². The first kappa shape index (κ1) is 13.8. The fourth-order valence-electron chi connectivity index (χ4n) is 1.67. The van der Waals surface area contributed by atoms with Crippen LogP contribution in [0.2, 0.25) is 10.0 Å². The zero-order valence-corrected chi connectivity index (χ0v) is 10.9. The molecule has 0 saturated carbocycles. The summed E-state index contributed by atoms with van der Waals surface area (Å²) in [6.45, 7) is 0.312. The molecule has 0 heterocycles. The Kier molecular flexibility index (Phi) is 6.86. The molecular formula is C13H18Cl2O. The van der Waals surface area contributed by atoms with E-state index in [9.17, 15) is 0 Å². The van der Waals surface area contributed by atoms with Crippen LogP contribution in [0.25, 0.3) is 0 Å². The second kappa shape index (κ2) is 7.94. The highest BCUT2D eigenvalue weighted by molar-refractivity contribution is 6.42. The van der Waals surface area contributed by atoms with Crippen molar-refractivity contribution in [2.75, 3.05) is 6.61 Å². The van der Waals surface area contributed by atoms with Gasteiger partial charge in [-0.25, -0.2) is 0 Å². The molecule has 1 rings (SSSR count). The second-order valence-corrected chi connectivity index (χ2v) is 4.80. The largest absolute Gasteiger partial charge is 0.396 e. The van der Waals surface area contributed by atoms with Crippen LogP contribution in [-0.4, -0.2) is 11.7 Å². The average Bonchev–Trinajstić information content (AvgIpc) is 2.28. The highest BCUT2D eigenvalue weighted by Gasteiger charge is 1.99. The van der Waals surface area contributed by atoms with E-state index in [1.807, 2.05) is 18.2 Å². The van der Waals surface area contributed by atoms with Gasteiger partial charge in [-0.05, 0) is 37.0 Å². The minimum atomic E-state index is 0.312. The van der Waals surface area contributed by atoms with Gasteiger partial charge in [0.1, 0.15) is 0 Å². The molecule has 1 nitrogen and oxygen atoms in total. The Bertz CT molecular complexity index is 313. The maximum Gasteiger partial charge on any atom is 0.0595 e. The van der Waals surface area contributed by atoms with Crippen LogP contribution < -0.4 is 0 Å². The number of hydrogen-bond acceptors (Lipinski definition) is 1. The molecular weight excluding hydrogens is 243 g/mol. The molecule has 0 bridgehead atoms. The minimum absolute atomic E-state index is 0.312. The Morgan fingerprint density at radius 3 is 2.25 bits per heavy atom. The first-order valence-corrected chi connectivity index (χ1v) is 6.54. The molecule has 0 aliphatic carbocycles. The lowest BCUT2D eigenvalue weighted by Gasteiger charge is -2.03. The van der Waals surface area contributed by atoms with E-state index < -0.39 is 0 Å². The monoisotopic (exact) mass is 260 g/mol. The number of aryl methyl sites for hydroxylation is 1. The van der Waals surface area contributed by atoms with E-state index in [0.717, 1.165) is 19.3 Å². The fourth-order valence-corrected chi connectivity index (χ4v) is 1.99. The second-order valence-electron chi connectivity index (χ2n) is 3.99. The van der Waals surface area contributed by atoms with Crippen LogP contribution in [-0.2, 0) is 6.42 Å². The average molecular weight is 261 g/mol. The van der Waals surface area contributed by atoms with E-state index in [0.29, 0.717) is 16.7 Å². The number of aliphatic hydroxyl groups is 1. The van der Waals surface area contributed by atoms with Crippen LogP contribution in [0.15, 0.2) is 18.2 Å². The van der Waals surface area contributed by atoms with E-state index in [4.69, 9.17) is 28.3 Å². The van der Waals surface area contributed by atoms with Crippen LogP contribution >= 0.6 is 23.2 Å².